The third-order valence-electron chi connectivity index (χ3n) is 8.60. The summed E-state index contributed by atoms with van der Waals surface area (Å²) >= 11 is 0. The maximum absolute atomic E-state index is 13.7. The fraction of sp³-hybridized carbons (Fsp3) is 0.483. The van der Waals surface area contributed by atoms with Gasteiger partial charge in [0.15, 0.2) is 0 Å². The molecule has 8 heteroatoms. The van der Waals surface area contributed by atoms with Gasteiger partial charge in [0.25, 0.3) is 5.91 Å². The first-order valence-electron chi connectivity index (χ1n) is 13.2. The molecule has 1 atom stereocenters. The van der Waals surface area contributed by atoms with Gasteiger partial charge in [0.2, 0.25) is 0 Å². The number of hydrogen-bond donors (Lipinski definition) is 0. The highest BCUT2D eigenvalue weighted by atomic mass is 19.1. The minimum Gasteiger partial charge on any atom is -0.379 e. The van der Waals surface area contributed by atoms with Crippen LogP contribution in [0, 0.1) is 6.92 Å². The Balaban J connectivity index is 1.26. The topological polar surface area (TPSA) is 63.5 Å². The van der Waals surface area contributed by atoms with Crippen LogP contribution < -0.4 is 4.90 Å². The summed E-state index contributed by atoms with van der Waals surface area (Å²) in [5.74, 6) is 0.963. The summed E-state index contributed by atoms with van der Waals surface area (Å²) < 4.78 is 21.3. The van der Waals surface area contributed by atoms with Crippen LogP contribution in [0.1, 0.15) is 64.2 Å². The van der Waals surface area contributed by atoms with E-state index in [9.17, 15) is 9.18 Å². The number of carbonyl (C=O) groups is 1. The van der Waals surface area contributed by atoms with Crippen LogP contribution in [0.3, 0.4) is 0 Å². The molecule has 0 saturated carbocycles. The van der Waals surface area contributed by atoms with E-state index in [1.54, 1.807) is 6.33 Å². The van der Waals surface area contributed by atoms with E-state index >= 15 is 0 Å². The highest BCUT2D eigenvalue weighted by Gasteiger charge is 2.42. The molecule has 37 heavy (non-hydrogen) atoms. The van der Waals surface area contributed by atoms with Crippen molar-refractivity contribution in [3.63, 3.8) is 0 Å². The van der Waals surface area contributed by atoms with Gasteiger partial charge in [-0.15, -0.1) is 10.2 Å². The Hall–Kier alpha value is -3.10. The molecule has 3 aliphatic heterocycles. The molecule has 3 aliphatic rings. The summed E-state index contributed by atoms with van der Waals surface area (Å²) in [5, 5.41) is 8.32. The fourth-order valence-corrected chi connectivity index (χ4v) is 6.03. The SMILES string of the molecule is Cc1cc([C@@H](C)N2CCC(F)CC2)cc2c1CN(c1cccc(C3(Cc4nncn4C)COC3)c1)C2=O. The number of ether oxygens (including phenoxy) is 1. The largest absolute Gasteiger partial charge is 0.379 e. The molecule has 2 aromatic carbocycles. The van der Waals surface area contributed by atoms with E-state index in [-0.39, 0.29) is 17.4 Å². The zero-order valence-corrected chi connectivity index (χ0v) is 21.8. The molecule has 0 spiro atoms. The van der Waals surface area contributed by atoms with Crippen molar-refractivity contribution in [2.75, 3.05) is 31.2 Å². The van der Waals surface area contributed by atoms with E-state index in [4.69, 9.17) is 4.74 Å². The van der Waals surface area contributed by atoms with Crippen LogP contribution in [0.2, 0.25) is 0 Å². The van der Waals surface area contributed by atoms with Crippen molar-refractivity contribution in [1.82, 2.24) is 19.7 Å². The van der Waals surface area contributed by atoms with Gasteiger partial charge in [0.05, 0.1) is 19.8 Å². The zero-order valence-electron chi connectivity index (χ0n) is 21.8. The molecule has 0 radical (unpaired) electrons. The first-order valence-corrected chi connectivity index (χ1v) is 13.2. The number of alkyl halides is 1. The number of likely N-dealkylation sites (tertiary alicyclic amines) is 1. The van der Waals surface area contributed by atoms with E-state index < -0.39 is 6.17 Å². The first-order chi connectivity index (χ1) is 17.8. The van der Waals surface area contributed by atoms with Gasteiger partial charge in [-0.2, -0.15) is 0 Å². The van der Waals surface area contributed by atoms with Crippen LogP contribution in [-0.4, -0.2) is 58.0 Å². The van der Waals surface area contributed by atoms with Gasteiger partial charge in [-0.3, -0.25) is 9.69 Å². The summed E-state index contributed by atoms with van der Waals surface area (Å²) in [7, 11) is 1.96. The van der Waals surface area contributed by atoms with E-state index in [2.05, 4.69) is 53.2 Å². The number of benzene rings is 2. The van der Waals surface area contributed by atoms with Gasteiger partial charge >= 0.3 is 0 Å². The Bertz CT molecular complexity index is 1330. The van der Waals surface area contributed by atoms with Crippen molar-refractivity contribution >= 4 is 11.6 Å². The van der Waals surface area contributed by atoms with Gasteiger partial charge in [0, 0.05) is 49.3 Å². The minimum absolute atomic E-state index is 0.0407. The zero-order chi connectivity index (χ0) is 25.7. The molecule has 0 N–H and O–H groups in total. The molecule has 2 fully saturated rings. The third kappa shape index (κ3) is 4.26. The number of amides is 1. The molecular weight excluding hydrogens is 469 g/mol. The number of halogens is 1. The Kier molecular flexibility index (Phi) is 6.12. The average Bonchev–Trinajstić information content (AvgIpc) is 3.44. The smallest absolute Gasteiger partial charge is 0.258 e. The van der Waals surface area contributed by atoms with Crippen LogP contribution >= 0.6 is 0 Å². The lowest BCUT2D eigenvalue weighted by Gasteiger charge is -2.42. The maximum atomic E-state index is 13.7. The van der Waals surface area contributed by atoms with Crippen molar-refractivity contribution in [3.8, 4) is 0 Å². The summed E-state index contributed by atoms with van der Waals surface area (Å²) in [6, 6.07) is 12.7. The van der Waals surface area contributed by atoms with Gasteiger partial charge in [-0.1, -0.05) is 18.2 Å². The van der Waals surface area contributed by atoms with Crippen LogP contribution in [0.25, 0.3) is 0 Å². The normalized spacial score (nSPS) is 20.6. The molecule has 194 valence electrons. The summed E-state index contributed by atoms with van der Waals surface area (Å²) in [4.78, 5) is 17.9. The number of fused-ring (bicyclic) bond motifs is 1. The van der Waals surface area contributed by atoms with Crippen LogP contribution in [0.4, 0.5) is 10.1 Å². The van der Waals surface area contributed by atoms with Crippen LogP contribution in [0.5, 0.6) is 0 Å². The quantitative estimate of drug-likeness (QED) is 0.502. The summed E-state index contributed by atoms with van der Waals surface area (Å²) in [6.45, 7) is 7.58. The number of carbonyl (C=O) groups excluding carboxylic acids is 1. The van der Waals surface area contributed by atoms with Gasteiger partial charge in [-0.25, -0.2) is 4.39 Å². The molecule has 6 rings (SSSR count). The number of aromatic nitrogens is 3. The molecule has 0 unspecified atom stereocenters. The molecule has 2 saturated heterocycles. The predicted octanol–water partition coefficient (Wildman–Crippen LogP) is 4.29. The summed E-state index contributed by atoms with van der Waals surface area (Å²) in [5.41, 5.74) is 6.04. The lowest BCUT2D eigenvalue weighted by molar-refractivity contribution is -0.0611. The second-order valence-corrected chi connectivity index (χ2v) is 11.0. The third-order valence-corrected chi connectivity index (χ3v) is 8.60. The van der Waals surface area contributed by atoms with E-state index in [0.29, 0.717) is 32.6 Å². The Morgan fingerprint density at radius 2 is 1.97 bits per heavy atom. The predicted molar refractivity (Wildman–Crippen MR) is 139 cm³/mol. The van der Waals surface area contributed by atoms with Crippen molar-refractivity contribution in [3.05, 3.63) is 76.4 Å². The van der Waals surface area contributed by atoms with Crippen molar-refractivity contribution < 1.29 is 13.9 Å². The van der Waals surface area contributed by atoms with Crippen molar-refractivity contribution in [2.45, 2.75) is 57.3 Å². The number of rotatable bonds is 6. The lowest BCUT2D eigenvalue weighted by atomic mass is 9.75. The number of nitrogens with zero attached hydrogens (tertiary/aromatic N) is 5. The van der Waals surface area contributed by atoms with Gasteiger partial charge < -0.3 is 14.2 Å². The molecule has 4 heterocycles. The van der Waals surface area contributed by atoms with Crippen molar-refractivity contribution in [2.24, 2.45) is 7.05 Å². The number of aryl methyl sites for hydroxylation is 2. The standard InChI is InChI=1S/C29H34FN5O2/c1-19-11-21(20(2)34-9-7-23(30)8-10-34)12-25-26(19)15-35(28(25)36)24-6-4-5-22(13-24)29(16-37-17-29)14-27-32-31-18-33(27)3/h4-6,11-13,18,20,23H,7-10,14-17H2,1-3H3/t20-/m1/s1. The van der Waals surface area contributed by atoms with E-state index in [1.807, 2.05) is 28.6 Å². The second kappa shape index (κ2) is 9.33. The molecule has 3 aromatic rings. The number of anilines is 1. The highest BCUT2D eigenvalue weighted by Crippen LogP contribution is 2.39. The monoisotopic (exact) mass is 503 g/mol. The minimum atomic E-state index is -0.692. The van der Waals surface area contributed by atoms with Gasteiger partial charge in [-0.05, 0) is 67.1 Å². The number of piperidine rings is 1. The maximum Gasteiger partial charge on any atom is 0.258 e. The first kappa shape index (κ1) is 24.2. The lowest BCUT2D eigenvalue weighted by Crippen LogP contribution is -2.49. The molecular formula is C29H34FN5O2. The average molecular weight is 504 g/mol. The summed E-state index contributed by atoms with van der Waals surface area (Å²) in [6.07, 6.45) is 2.93. The highest BCUT2D eigenvalue weighted by molar-refractivity contribution is 6.10. The number of hydrogen-bond acceptors (Lipinski definition) is 5. The molecule has 1 amide bonds. The van der Waals surface area contributed by atoms with E-state index in [0.717, 1.165) is 58.8 Å². The van der Waals surface area contributed by atoms with E-state index in [1.165, 1.54) is 0 Å². The van der Waals surface area contributed by atoms with Crippen LogP contribution in [-0.2, 0) is 30.2 Å². The molecule has 0 aliphatic carbocycles. The molecule has 7 nitrogen and oxygen atoms in total. The Labute approximate surface area is 217 Å². The fourth-order valence-electron chi connectivity index (χ4n) is 6.03. The van der Waals surface area contributed by atoms with Gasteiger partial charge in [0.1, 0.15) is 18.3 Å². The molecule has 1 aromatic heterocycles. The Morgan fingerprint density at radius 3 is 2.65 bits per heavy atom. The Morgan fingerprint density at radius 1 is 1.19 bits per heavy atom. The molecule has 0 bridgehead atoms. The second-order valence-electron chi connectivity index (χ2n) is 11.0. The van der Waals surface area contributed by atoms with Crippen LogP contribution in [0.15, 0.2) is 42.7 Å². The van der Waals surface area contributed by atoms with Crippen molar-refractivity contribution in [1.29, 1.82) is 0 Å².